The number of rotatable bonds is 3. The second-order valence-electron chi connectivity index (χ2n) is 5.13. The summed E-state index contributed by atoms with van der Waals surface area (Å²) in [6.07, 6.45) is -8.63. The molecule has 0 aromatic carbocycles. The molecular weight excluding hydrogens is 313 g/mol. The molecule has 0 bridgehead atoms. The van der Waals surface area contributed by atoms with Gasteiger partial charge in [0.05, 0.1) is 0 Å². The van der Waals surface area contributed by atoms with Gasteiger partial charge >= 0.3 is 6.18 Å². The fourth-order valence-electron chi connectivity index (χ4n) is 2.32. The average Bonchev–Trinajstić information content (AvgIpc) is 2.78. The predicted molar refractivity (Wildman–Crippen MR) is 63.4 cm³/mol. The van der Waals surface area contributed by atoms with Gasteiger partial charge in [-0.05, 0) is 12.1 Å². The molecule has 0 unspecified atom stereocenters. The summed E-state index contributed by atoms with van der Waals surface area (Å²) in [4.78, 5) is 0. The van der Waals surface area contributed by atoms with Crippen molar-refractivity contribution in [2.24, 2.45) is 0 Å². The molecule has 0 spiro atoms. The smallest absolute Gasteiger partial charge is 0.380 e. The molecule has 22 heavy (non-hydrogen) atoms. The molecule has 1 saturated carbocycles. The highest BCUT2D eigenvalue weighted by Gasteiger charge is 2.61. The molecule has 11 heteroatoms. The van der Waals surface area contributed by atoms with Gasteiger partial charge in [0.25, 0.3) is 6.43 Å². The Bertz CT molecular complexity index is 694. The van der Waals surface area contributed by atoms with Gasteiger partial charge in [-0.1, -0.05) is 0 Å². The molecule has 0 amide bonds. The van der Waals surface area contributed by atoms with Gasteiger partial charge in [0.1, 0.15) is 5.82 Å². The van der Waals surface area contributed by atoms with E-state index in [0.29, 0.717) is 0 Å². The number of halogens is 5. The molecule has 0 aliphatic heterocycles. The van der Waals surface area contributed by atoms with Gasteiger partial charge in [0.15, 0.2) is 11.2 Å². The molecule has 2 N–H and O–H groups in total. The minimum absolute atomic E-state index is 0.0984. The highest BCUT2D eigenvalue weighted by atomic mass is 19.4. The lowest BCUT2D eigenvalue weighted by atomic mass is 9.75. The van der Waals surface area contributed by atoms with Crippen molar-refractivity contribution in [1.82, 2.24) is 19.8 Å². The Labute approximate surface area is 120 Å². The quantitative estimate of drug-likeness (QED) is 0.844. The van der Waals surface area contributed by atoms with Crippen LogP contribution in [0.5, 0.6) is 0 Å². The Balaban J connectivity index is 1.75. The molecule has 120 valence electrons. The molecule has 0 radical (unpaired) electrons. The van der Waals surface area contributed by atoms with Gasteiger partial charge in [0.2, 0.25) is 5.82 Å². The van der Waals surface area contributed by atoms with Crippen molar-refractivity contribution in [3.63, 3.8) is 0 Å². The minimum Gasteiger partial charge on any atom is -0.380 e. The van der Waals surface area contributed by atoms with Gasteiger partial charge in [0, 0.05) is 18.9 Å². The normalized spacial score (nSPS) is 25.5. The predicted octanol–water partition coefficient (Wildman–Crippen LogP) is 1.93. The zero-order valence-corrected chi connectivity index (χ0v) is 10.8. The summed E-state index contributed by atoms with van der Waals surface area (Å²) in [6.45, 7) is 0. The van der Waals surface area contributed by atoms with Crippen molar-refractivity contribution in [1.29, 1.82) is 0 Å². The third-order valence-corrected chi connectivity index (χ3v) is 3.53. The Morgan fingerprint density at radius 2 is 1.95 bits per heavy atom. The second-order valence-corrected chi connectivity index (χ2v) is 5.13. The number of aromatic nitrogens is 4. The lowest BCUT2D eigenvalue weighted by molar-refractivity contribution is -0.288. The summed E-state index contributed by atoms with van der Waals surface area (Å²) < 4.78 is 63.7. The lowest BCUT2D eigenvalue weighted by Gasteiger charge is -2.44. The first-order valence-electron chi connectivity index (χ1n) is 6.26. The minimum atomic E-state index is -4.69. The molecule has 2 aromatic rings. The van der Waals surface area contributed by atoms with Crippen LogP contribution in [-0.4, -0.2) is 42.7 Å². The van der Waals surface area contributed by atoms with E-state index in [1.54, 1.807) is 0 Å². The van der Waals surface area contributed by atoms with Crippen molar-refractivity contribution in [3.8, 4) is 0 Å². The molecule has 6 nitrogen and oxygen atoms in total. The Hall–Kier alpha value is -2.04. The average molecular weight is 323 g/mol. The largest absolute Gasteiger partial charge is 0.417 e. The zero-order chi connectivity index (χ0) is 16.1. The highest BCUT2D eigenvalue weighted by Crippen LogP contribution is 2.45. The molecule has 0 saturated heterocycles. The first kappa shape index (κ1) is 14.9. The SMILES string of the molecule is OC1(C(F)(F)F)CC(Nc2ccc3nnc(C(F)F)n3n2)C1. The van der Waals surface area contributed by atoms with E-state index in [1.807, 2.05) is 0 Å². The van der Waals surface area contributed by atoms with Gasteiger partial charge < -0.3 is 10.4 Å². The van der Waals surface area contributed by atoms with Crippen molar-refractivity contribution in [3.05, 3.63) is 18.0 Å². The maximum Gasteiger partial charge on any atom is 0.417 e. The third-order valence-electron chi connectivity index (χ3n) is 3.53. The van der Waals surface area contributed by atoms with Gasteiger partial charge in [-0.15, -0.1) is 15.3 Å². The molecule has 1 aliphatic rings. The van der Waals surface area contributed by atoms with E-state index in [-0.39, 0.29) is 11.5 Å². The van der Waals surface area contributed by atoms with Gasteiger partial charge in [-0.25, -0.2) is 8.78 Å². The van der Waals surface area contributed by atoms with Gasteiger partial charge in [-0.2, -0.15) is 17.7 Å². The summed E-state index contributed by atoms with van der Waals surface area (Å²) in [5.74, 6) is -0.553. The fourth-order valence-corrected chi connectivity index (χ4v) is 2.32. The van der Waals surface area contributed by atoms with Crippen LogP contribution in [0.25, 0.3) is 5.65 Å². The summed E-state index contributed by atoms with van der Waals surface area (Å²) in [6, 6.07) is 2.11. The summed E-state index contributed by atoms with van der Waals surface area (Å²) >= 11 is 0. The van der Waals surface area contributed by atoms with Crippen molar-refractivity contribution in [2.45, 2.75) is 37.1 Å². The second kappa shape index (κ2) is 4.73. The van der Waals surface area contributed by atoms with Crippen molar-refractivity contribution in [2.75, 3.05) is 5.32 Å². The molecule has 0 atom stereocenters. The fraction of sp³-hybridized carbons (Fsp3) is 0.545. The van der Waals surface area contributed by atoms with E-state index in [1.165, 1.54) is 12.1 Å². The number of anilines is 1. The van der Waals surface area contributed by atoms with Gasteiger partial charge in [-0.3, -0.25) is 0 Å². The van der Waals surface area contributed by atoms with Crippen LogP contribution in [0.3, 0.4) is 0 Å². The van der Waals surface area contributed by atoms with Crippen molar-refractivity contribution < 1.29 is 27.1 Å². The van der Waals surface area contributed by atoms with E-state index < -0.39 is 42.9 Å². The van der Waals surface area contributed by atoms with E-state index in [0.717, 1.165) is 4.52 Å². The van der Waals surface area contributed by atoms with Crippen LogP contribution >= 0.6 is 0 Å². The van der Waals surface area contributed by atoms with Crippen LogP contribution in [0.2, 0.25) is 0 Å². The van der Waals surface area contributed by atoms with Crippen LogP contribution < -0.4 is 5.32 Å². The summed E-state index contributed by atoms with van der Waals surface area (Å²) in [5.41, 5.74) is -2.61. The number of alkyl halides is 5. The highest BCUT2D eigenvalue weighted by molar-refractivity contribution is 5.45. The standard InChI is InChI=1S/C11H10F5N5O/c12-8(13)9-19-18-7-2-1-6(20-21(7)9)17-5-3-10(22,4-5)11(14,15)16/h1-2,5,8,22H,3-4H2,(H,17,20). The van der Waals surface area contributed by atoms with Crippen LogP contribution in [0.4, 0.5) is 27.8 Å². The molecule has 2 aromatic heterocycles. The number of nitrogens with zero attached hydrogens (tertiary/aromatic N) is 4. The topological polar surface area (TPSA) is 75.3 Å². The van der Waals surface area contributed by atoms with Crippen molar-refractivity contribution >= 4 is 11.5 Å². The number of hydrogen-bond donors (Lipinski definition) is 2. The molecule has 3 rings (SSSR count). The Morgan fingerprint density at radius 1 is 1.27 bits per heavy atom. The lowest BCUT2D eigenvalue weighted by Crippen LogP contribution is -2.59. The zero-order valence-electron chi connectivity index (χ0n) is 10.8. The number of aliphatic hydroxyl groups is 1. The van der Waals surface area contributed by atoms with Crippen LogP contribution in [0, 0.1) is 0 Å². The molecule has 1 aliphatic carbocycles. The third kappa shape index (κ3) is 2.34. The van der Waals surface area contributed by atoms with E-state index in [4.69, 9.17) is 0 Å². The maximum atomic E-state index is 12.7. The summed E-state index contributed by atoms with van der Waals surface area (Å²) in [5, 5.41) is 22.6. The van der Waals surface area contributed by atoms with Crippen LogP contribution in [0.1, 0.15) is 25.1 Å². The number of hydrogen-bond acceptors (Lipinski definition) is 5. The number of nitrogens with one attached hydrogen (secondary N) is 1. The number of fused-ring (bicyclic) bond motifs is 1. The first-order chi connectivity index (χ1) is 10.2. The monoisotopic (exact) mass is 323 g/mol. The Kier molecular flexibility index (Phi) is 3.20. The van der Waals surface area contributed by atoms with E-state index >= 15 is 0 Å². The van der Waals surface area contributed by atoms with Crippen LogP contribution in [-0.2, 0) is 0 Å². The maximum absolute atomic E-state index is 12.7. The molecule has 1 fully saturated rings. The molecule has 2 heterocycles. The molecular formula is C11H10F5N5O. The summed E-state index contributed by atoms with van der Waals surface area (Å²) in [7, 11) is 0. The first-order valence-corrected chi connectivity index (χ1v) is 6.26. The van der Waals surface area contributed by atoms with E-state index in [9.17, 15) is 27.1 Å². The van der Waals surface area contributed by atoms with E-state index in [2.05, 4.69) is 20.6 Å². The Morgan fingerprint density at radius 3 is 2.55 bits per heavy atom. The van der Waals surface area contributed by atoms with Crippen LogP contribution in [0.15, 0.2) is 12.1 Å².